The van der Waals surface area contributed by atoms with Crippen LogP contribution in [0.4, 0.5) is 0 Å². The Kier molecular flexibility index (Phi) is 52.3. The van der Waals surface area contributed by atoms with Crippen molar-refractivity contribution < 1.29 is 42.9 Å². The number of carbonyl (C=O) groups excluding carboxylic acids is 3. The smallest absolute Gasteiger partial charge is 0.306 e. The van der Waals surface area contributed by atoms with Crippen LogP contribution < -0.4 is 5.11 Å². The first-order valence-electron chi connectivity index (χ1n) is 29.3. The number of unbranched alkanes of at least 4 members (excludes halogenated alkanes) is 15. The minimum Gasteiger partial charge on any atom is -0.545 e. The Balaban J connectivity index is 4.41. The fraction of sp³-hybridized carbons (Fsp3) is 0.621. The van der Waals surface area contributed by atoms with Crippen LogP contribution in [0.2, 0.25) is 0 Å². The summed E-state index contributed by atoms with van der Waals surface area (Å²) >= 11 is 0. The summed E-state index contributed by atoms with van der Waals surface area (Å²) < 4.78 is 22.6. The molecule has 0 aromatic carbocycles. The van der Waals surface area contributed by atoms with Crippen molar-refractivity contribution in [1.82, 2.24) is 0 Å². The monoisotopic (exact) mass is 1040 g/mol. The fourth-order valence-corrected chi connectivity index (χ4v) is 7.39. The Bertz CT molecular complexity index is 1690. The van der Waals surface area contributed by atoms with Crippen LogP contribution in [0.5, 0.6) is 0 Å². The molecule has 0 aliphatic rings. The molecule has 0 saturated carbocycles. The van der Waals surface area contributed by atoms with Crippen molar-refractivity contribution in [2.45, 2.75) is 219 Å². The maximum absolute atomic E-state index is 12.8. The van der Waals surface area contributed by atoms with E-state index in [-0.39, 0.29) is 38.6 Å². The summed E-state index contributed by atoms with van der Waals surface area (Å²) in [5.74, 6) is -2.39. The van der Waals surface area contributed by atoms with Gasteiger partial charge in [-0.05, 0) is 109 Å². The van der Waals surface area contributed by atoms with Crippen LogP contribution in [0.1, 0.15) is 206 Å². The first-order chi connectivity index (χ1) is 36.6. The fourth-order valence-electron chi connectivity index (χ4n) is 7.39. The highest BCUT2D eigenvalue weighted by atomic mass is 16.7. The topological polar surface area (TPSA) is 111 Å². The Morgan fingerprint density at radius 2 is 0.773 bits per heavy atom. The normalized spacial score (nSPS) is 13.8. The van der Waals surface area contributed by atoms with Crippen molar-refractivity contribution in [2.75, 3.05) is 47.5 Å². The molecule has 424 valence electrons. The summed E-state index contributed by atoms with van der Waals surface area (Å²) in [5.41, 5.74) is 0. The number of aliphatic carboxylic acids is 1. The van der Waals surface area contributed by atoms with Gasteiger partial charge in [-0.2, -0.15) is 0 Å². The van der Waals surface area contributed by atoms with Crippen molar-refractivity contribution in [3.8, 4) is 0 Å². The first kappa shape index (κ1) is 70.4. The first-order valence-corrected chi connectivity index (χ1v) is 29.3. The van der Waals surface area contributed by atoms with Crippen molar-refractivity contribution in [1.29, 1.82) is 0 Å². The zero-order chi connectivity index (χ0) is 54.8. The van der Waals surface area contributed by atoms with Gasteiger partial charge in [-0.1, -0.05) is 218 Å². The van der Waals surface area contributed by atoms with E-state index < -0.39 is 24.3 Å². The molecule has 9 heteroatoms. The van der Waals surface area contributed by atoms with E-state index in [1.807, 2.05) is 27.2 Å². The summed E-state index contributed by atoms with van der Waals surface area (Å²) in [6.07, 6.45) is 76.5. The molecule has 0 N–H and O–H groups in total. The number of hydrogen-bond acceptors (Lipinski definition) is 8. The van der Waals surface area contributed by atoms with Crippen molar-refractivity contribution in [2.24, 2.45) is 0 Å². The standard InChI is InChI=1S/C66H107NO8/c1-6-8-10-12-14-16-18-20-22-24-26-28-29-30-31-32-33-34-35-37-39-41-43-45-47-49-51-53-55-57-64(69)75-62(61-74-66(65(70)71)72-59-58-67(3,4)5)60-73-63(68)56-54-52-50-48-46-44-42-40-38-36-27-25-23-21-19-17-15-13-11-9-7-2/h8,10,14,16,19-22,25-28,30-31,33-34,37,39,43,45,49,51,62,66H,6-7,9,11-13,15,17-18,23-24,29,32,35-36,38,40-42,44,46-48,50,52-61H2,1-5H3/b10-8-,16-14-,21-19-,22-20-,27-25-,28-26-,31-30-,34-33-,39-37-,45-43-,51-49-. The lowest BCUT2D eigenvalue weighted by molar-refractivity contribution is -0.870. The number of esters is 2. The molecule has 0 saturated heterocycles. The van der Waals surface area contributed by atoms with Gasteiger partial charge in [-0.3, -0.25) is 9.59 Å². The lowest BCUT2D eigenvalue weighted by Gasteiger charge is -2.26. The number of nitrogens with zero attached hydrogens (tertiary/aromatic N) is 1. The van der Waals surface area contributed by atoms with Gasteiger partial charge in [0.1, 0.15) is 13.2 Å². The number of likely N-dealkylation sites (N-methyl/N-ethyl adjacent to an activating group) is 1. The van der Waals surface area contributed by atoms with E-state index in [0.29, 0.717) is 23.9 Å². The van der Waals surface area contributed by atoms with E-state index in [2.05, 4.69) is 141 Å². The molecule has 0 fully saturated rings. The van der Waals surface area contributed by atoms with E-state index in [1.54, 1.807) is 0 Å². The van der Waals surface area contributed by atoms with Crippen LogP contribution in [0.3, 0.4) is 0 Å². The average molecular weight is 1040 g/mol. The SMILES string of the molecule is CC/C=C\C/C=C\C/C=C\C/C=C\C/C=C\C/C=C\C/C=C\C/C=C\C/C=C\CCCC(=O)OC(COC(=O)CCCCCCCCCCC/C=C\C/C=C\CCCCCCC)COC(OCC[N+](C)(C)C)C(=O)[O-]. The summed E-state index contributed by atoms with van der Waals surface area (Å²) in [7, 11) is 5.89. The number of carbonyl (C=O) groups is 3. The van der Waals surface area contributed by atoms with Gasteiger partial charge in [0.15, 0.2) is 12.4 Å². The van der Waals surface area contributed by atoms with E-state index in [9.17, 15) is 19.5 Å². The van der Waals surface area contributed by atoms with Gasteiger partial charge in [0.05, 0.1) is 40.3 Å². The number of carboxylic acids is 1. The molecular formula is C66H107NO8. The van der Waals surface area contributed by atoms with Crippen LogP contribution in [-0.4, -0.2) is 82.3 Å². The van der Waals surface area contributed by atoms with Gasteiger partial charge < -0.3 is 33.3 Å². The summed E-state index contributed by atoms with van der Waals surface area (Å²) in [6, 6.07) is 0. The summed E-state index contributed by atoms with van der Waals surface area (Å²) in [6.45, 7) is 4.53. The molecule has 0 aromatic rings. The molecule has 0 amide bonds. The third-order valence-corrected chi connectivity index (χ3v) is 11.9. The van der Waals surface area contributed by atoms with E-state index in [1.165, 1.54) is 70.6 Å². The lowest BCUT2D eigenvalue weighted by atomic mass is 10.1. The van der Waals surface area contributed by atoms with Crippen molar-refractivity contribution in [3.05, 3.63) is 134 Å². The van der Waals surface area contributed by atoms with Crippen molar-refractivity contribution in [3.63, 3.8) is 0 Å². The minimum atomic E-state index is -1.65. The number of carboxylic acid groups (broad SMARTS) is 1. The van der Waals surface area contributed by atoms with Crippen LogP contribution in [0.15, 0.2) is 134 Å². The van der Waals surface area contributed by atoms with Gasteiger partial charge in [-0.15, -0.1) is 0 Å². The minimum absolute atomic E-state index is 0.128. The maximum Gasteiger partial charge on any atom is 0.306 e. The number of hydrogen-bond donors (Lipinski definition) is 0. The van der Waals surface area contributed by atoms with E-state index in [0.717, 1.165) is 96.3 Å². The largest absolute Gasteiger partial charge is 0.545 e. The Morgan fingerprint density at radius 3 is 1.17 bits per heavy atom. The highest BCUT2D eigenvalue weighted by molar-refractivity contribution is 5.70. The molecule has 0 radical (unpaired) electrons. The van der Waals surface area contributed by atoms with E-state index in [4.69, 9.17) is 18.9 Å². The number of quaternary nitrogens is 1. The second-order valence-corrected chi connectivity index (χ2v) is 20.2. The van der Waals surface area contributed by atoms with Crippen LogP contribution in [0, 0.1) is 0 Å². The Morgan fingerprint density at radius 1 is 0.413 bits per heavy atom. The van der Waals surface area contributed by atoms with Gasteiger partial charge in [0, 0.05) is 12.8 Å². The van der Waals surface area contributed by atoms with Gasteiger partial charge in [0.2, 0.25) is 0 Å². The average Bonchev–Trinajstić information content (AvgIpc) is 3.38. The molecule has 0 spiro atoms. The zero-order valence-corrected chi connectivity index (χ0v) is 48.1. The molecule has 0 rings (SSSR count). The summed E-state index contributed by atoms with van der Waals surface area (Å²) in [4.78, 5) is 37.3. The molecule has 0 bridgehead atoms. The van der Waals surface area contributed by atoms with E-state index >= 15 is 0 Å². The molecule has 0 heterocycles. The molecule has 2 atom stereocenters. The van der Waals surface area contributed by atoms with Crippen molar-refractivity contribution >= 4 is 17.9 Å². The molecule has 75 heavy (non-hydrogen) atoms. The number of ether oxygens (including phenoxy) is 4. The third-order valence-electron chi connectivity index (χ3n) is 11.9. The van der Waals surface area contributed by atoms with Crippen LogP contribution in [-0.2, 0) is 33.3 Å². The van der Waals surface area contributed by atoms with Crippen LogP contribution >= 0.6 is 0 Å². The lowest BCUT2D eigenvalue weighted by Crippen LogP contribution is -2.44. The van der Waals surface area contributed by atoms with Gasteiger partial charge >= 0.3 is 11.9 Å². The highest BCUT2D eigenvalue weighted by Gasteiger charge is 2.21. The van der Waals surface area contributed by atoms with Gasteiger partial charge in [-0.25, -0.2) is 0 Å². The molecule has 2 unspecified atom stereocenters. The third kappa shape index (κ3) is 57.0. The maximum atomic E-state index is 12.8. The Labute approximate surface area is 459 Å². The predicted molar refractivity (Wildman–Crippen MR) is 315 cm³/mol. The number of rotatable bonds is 52. The molecule has 0 aliphatic heterocycles. The predicted octanol–water partition coefficient (Wildman–Crippen LogP) is 16.1. The molecule has 0 aromatic heterocycles. The Hall–Kier alpha value is -4.57. The van der Waals surface area contributed by atoms with Crippen LogP contribution in [0.25, 0.3) is 0 Å². The second kappa shape index (κ2) is 55.7. The molecule has 0 aliphatic carbocycles. The molecular weight excluding hydrogens is 935 g/mol. The second-order valence-electron chi connectivity index (χ2n) is 20.2. The quantitative estimate of drug-likeness (QED) is 0.0195. The van der Waals surface area contributed by atoms with Gasteiger partial charge in [0.25, 0.3) is 0 Å². The number of allylic oxidation sites excluding steroid dienone is 22. The zero-order valence-electron chi connectivity index (χ0n) is 48.1. The summed E-state index contributed by atoms with van der Waals surface area (Å²) in [5, 5.41) is 11.8. The molecule has 9 nitrogen and oxygen atoms in total. The highest BCUT2D eigenvalue weighted by Crippen LogP contribution is 2.13.